The zero-order valence-corrected chi connectivity index (χ0v) is 9.64. The van der Waals surface area contributed by atoms with Gasteiger partial charge >= 0.3 is 6.18 Å². The number of halogens is 3. The molecule has 94 valence electrons. The van der Waals surface area contributed by atoms with Crippen LogP contribution in [0.25, 0.3) is 0 Å². The predicted molar refractivity (Wildman–Crippen MR) is 57.7 cm³/mol. The summed E-state index contributed by atoms with van der Waals surface area (Å²) in [6.07, 6.45) is -3.84. The normalized spacial score (nSPS) is 22.8. The van der Waals surface area contributed by atoms with E-state index in [1.54, 1.807) is 0 Å². The molecular formula is C12H14F3NO. The summed E-state index contributed by atoms with van der Waals surface area (Å²) >= 11 is 0. The zero-order valence-electron chi connectivity index (χ0n) is 9.64. The summed E-state index contributed by atoms with van der Waals surface area (Å²) in [5.41, 5.74) is 5.19. The largest absolute Gasteiger partial charge is 0.487 e. The third-order valence-electron chi connectivity index (χ3n) is 2.83. The van der Waals surface area contributed by atoms with E-state index in [4.69, 9.17) is 10.5 Å². The number of ether oxygens (including phenoxy) is 1. The Morgan fingerprint density at radius 1 is 1.35 bits per heavy atom. The number of nitrogens with two attached hydrogens (primary N) is 1. The molecule has 1 atom stereocenters. The molecule has 5 heteroatoms. The van der Waals surface area contributed by atoms with Crippen LogP contribution >= 0.6 is 0 Å². The second kappa shape index (κ2) is 3.63. The van der Waals surface area contributed by atoms with Gasteiger partial charge in [-0.25, -0.2) is 0 Å². The molecule has 0 fully saturated rings. The minimum atomic E-state index is -4.35. The lowest BCUT2D eigenvalue weighted by Crippen LogP contribution is -2.37. The van der Waals surface area contributed by atoms with Gasteiger partial charge in [0, 0.05) is 18.0 Å². The van der Waals surface area contributed by atoms with Gasteiger partial charge in [0.05, 0.1) is 5.56 Å². The lowest BCUT2D eigenvalue weighted by molar-refractivity contribution is -0.137. The van der Waals surface area contributed by atoms with Crippen LogP contribution in [-0.4, -0.2) is 5.60 Å². The van der Waals surface area contributed by atoms with E-state index < -0.39 is 23.4 Å². The molecule has 0 amide bonds. The van der Waals surface area contributed by atoms with Gasteiger partial charge in [-0.15, -0.1) is 0 Å². The van der Waals surface area contributed by atoms with Crippen LogP contribution in [0.15, 0.2) is 18.2 Å². The molecule has 1 aliphatic heterocycles. The van der Waals surface area contributed by atoms with Crippen molar-refractivity contribution in [1.82, 2.24) is 0 Å². The first kappa shape index (κ1) is 12.2. The number of alkyl halides is 3. The fourth-order valence-corrected chi connectivity index (χ4v) is 2.09. The Bertz CT molecular complexity index is 440. The summed E-state index contributed by atoms with van der Waals surface area (Å²) in [4.78, 5) is 0. The van der Waals surface area contributed by atoms with Crippen LogP contribution in [-0.2, 0) is 6.18 Å². The molecule has 0 saturated heterocycles. The summed E-state index contributed by atoms with van der Waals surface area (Å²) in [5, 5.41) is 0. The van der Waals surface area contributed by atoms with E-state index >= 15 is 0 Å². The monoisotopic (exact) mass is 245 g/mol. The molecule has 1 aromatic carbocycles. The van der Waals surface area contributed by atoms with Crippen molar-refractivity contribution in [3.05, 3.63) is 29.3 Å². The van der Waals surface area contributed by atoms with E-state index in [-0.39, 0.29) is 0 Å². The van der Waals surface area contributed by atoms with Crippen LogP contribution in [0.5, 0.6) is 5.75 Å². The molecule has 1 aromatic rings. The molecular weight excluding hydrogens is 231 g/mol. The number of benzene rings is 1. The highest BCUT2D eigenvalue weighted by molar-refractivity contribution is 5.42. The summed E-state index contributed by atoms with van der Waals surface area (Å²) < 4.78 is 43.3. The molecule has 17 heavy (non-hydrogen) atoms. The van der Waals surface area contributed by atoms with Gasteiger partial charge in [0.1, 0.15) is 11.4 Å². The first-order valence-corrected chi connectivity index (χ1v) is 5.35. The van der Waals surface area contributed by atoms with E-state index in [2.05, 4.69) is 0 Å². The van der Waals surface area contributed by atoms with Crippen LogP contribution in [0.2, 0.25) is 0 Å². The Balaban J connectivity index is 2.44. The third-order valence-corrected chi connectivity index (χ3v) is 2.83. The van der Waals surface area contributed by atoms with Crippen molar-refractivity contribution < 1.29 is 17.9 Å². The minimum Gasteiger partial charge on any atom is -0.487 e. The molecule has 0 radical (unpaired) electrons. The van der Waals surface area contributed by atoms with E-state index in [0.29, 0.717) is 17.7 Å². The van der Waals surface area contributed by atoms with Crippen molar-refractivity contribution in [3.8, 4) is 5.75 Å². The van der Waals surface area contributed by atoms with Gasteiger partial charge in [0.25, 0.3) is 0 Å². The highest BCUT2D eigenvalue weighted by Crippen LogP contribution is 2.41. The molecule has 0 spiro atoms. The standard InChI is InChI=1S/C12H14F3NO/c1-11(2)6-9(16)8-5-7(12(13,14)15)3-4-10(8)17-11/h3-5,9H,6,16H2,1-2H3/t9-/m1/s1. The fourth-order valence-electron chi connectivity index (χ4n) is 2.09. The molecule has 0 aliphatic carbocycles. The van der Waals surface area contributed by atoms with Crippen molar-refractivity contribution in [2.45, 2.75) is 38.1 Å². The molecule has 2 nitrogen and oxygen atoms in total. The lowest BCUT2D eigenvalue weighted by atomic mass is 9.89. The molecule has 0 aromatic heterocycles. The first-order valence-electron chi connectivity index (χ1n) is 5.35. The topological polar surface area (TPSA) is 35.2 Å². The highest BCUT2D eigenvalue weighted by Gasteiger charge is 2.36. The first-order chi connectivity index (χ1) is 7.69. The average Bonchev–Trinajstić information content (AvgIpc) is 2.13. The van der Waals surface area contributed by atoms with Gasteiger partial charge in [-0.2, -0.15) is 13.2 Å². The van der Waals surface area contributed by atoms with Crippen molar-refractivity contribution in [2.24, 2.45) is 5.73 Å². The SMILES string of the molecule is CC1(C)C[C@@H](N)c2cc(C(F)(F)F)ccc2O1. The van der Waals surface area contributed by atoms with Crippen LogP contribution < -0.4 is 10.5 Å². The Labute approximate surface area is 97.6 Å². The number of hydrogen-bond donors (Lipinski definition) is 1. The van der Waals surface area contributed by atoms with Gasteiger partial charge in [-0.05, 0) is 32.0 Å². The van der Waals surface area contributed by atoms with E-state index in [1.165, 1.54) is 6.07 Å². The van der Waals surface area contributed by atoms with Gasteiger partial charge in [0.15, 0.2) is 0 Å². The highest BCUT2D eigenvalue weighted by atomic mass is 19.4. The molecule has 0 bridgehead atoms. The maximum absolute atomic E-state index is 12.6. The summed E-state index contributed by atoms with van der Waals surface area (Å²) in [6.45, 7) is 3.74. The Hall–Kier alpha value is -1.23. The third kappa shape index (κ3) is 2.39. The van der Waals surface area contributed by atoms with Crippen molar-refractivity contribution in [2.75, 3.05) is 0 Å². The lowest BCUT2D eigenvalue weighted by Gasteiger charge is -2.36. The molecule has 1 heterocycles. The average molecular weight is 245 g/mol. The van der Waals surface area contributed by atoms with Crippen LogP contribution in [0.4, 0.5) is 13.2 Å². The number of rotatable bonds is 0. The Morgan fingerprint density at radius 2 is 2.00 bits per heavy atom. The van der Waals surface area contributed by atoms with Crippen molar-refractivity contribution in [3.63, 3.8) is 0 Å². The minimum absolute atomic E-state index is 0.420. The second-order valence-electron chi connectivity index (χ2n) is 4.92. The van der Waals surface area contributed by atoms with Gasteiger partial charge < -0.3 is 10.5 Å². The van der Waals surface area contributed by atoms with Crippen LogP contribution in [0.1, 0.15) is 37.4 Å². The summed E-state index contributed by atoms with van der Waals surface area (Å²) in [6, 6.07) is 3.03. The zero-order chi connectivity index (χ0) is 12.8. The maximum atomic E-state index is 12.6. The fraction of sp³-hybridized carbons (Fsp3) is 0.500. The predicted octanol–water partition coefficient (Wildman–Crippen LogP) is 3.27. The maximum Gasteiger partial charge on any atom is 0.416 e. The van der Waals surface area contributed by atoms with Gasteiger partial charge in [-0.3, -0.25) is 0 Å². The van der Waals surface area contributed by atoms with Crippen LogP contribution in [0, 0.1) is 0 Å². The second-order valence-corrected chi connectivity index (χ2v) is 4.92. The molecule has 0 saturated carbocycles. The van der Waals surface area contributed by atoms with Gasteiger partial charge in [-0.1, -0.05) is 0 Å². The van der Waals surface area contributed by atoms with E-state index in [9.17, 15) is 13.2 Å². The molecule has 2 N–H and O–H groups in total. The van der Waals surface area contributed by atoms with Crippen LogP contribution in [0.3, 0.4) is 0 Å². The van der Waals surface area contributed by atoms with E-state index in [0.717, 1.165) is 12.1 Å². The Kier molecular flexibility index (Phi) is 2.61. The van der Waals surface area contributed by atoms with Gasteiger partial charge in [0.2, 0.25) is 0 Å². The summed E-state index contributed by atoms with van der Waals surface area (Å²) in [7, 11) is 0. The quantitative estimate of drug-likeness (QED) is 0.761. The van der Waals surface area contributed by atoms with Crippen molar-refractivity contribution in [1.29, 1.82) is 0 Å². The molecule has 0 unspecified atom stereocenters. The smallest absolute Gasteiger partial charge is 0.416 e. The molecule has 1 aliphatic rings. The number of fused-ring (bicyclic) bond motifs is 1. The van der Waals surface area contributed by atoms with Crippen molar-refractivity contribution >= 4 is 0 Å². The summed E-state index contributed by atoms with van der Waals surface area (Å²) in [5.74, 6) is 0.446. The number of hydrogen-bond acceptors (Lipinski definition) is 2. The Morgan fingerprint density at radius 3 is 2.59 bits per heavy atom. The molecule has 2 rings (SSSR count). The van der Waals surface area contributed by atoms with E-state index in [1.807, 2.05) is 13.8 Å².